The van der Waals surface area contributed by atoms with E-state index in [4.69, 9.17) is 9.63 Å². The van der Waals surface area contributed by atoms with Gasteiger partial charge in [0.2, 0.25) is 5.89 Å². The van der Waals surface area contributed by atoms with E-state index in [1.54, 1.807) is 37.2 Å². The molecule has 0 spiro atoms. The third kappa shape index (κ3) is 8.78. The number of hydrogen-bond donors (Lipinski definition) is 1. The number of methoxy groups -OCH3 is 1. The fraction of sp³-hybridized carbons (Fsp3) is 0.250. The number of nitrogens with zero attached hydrogens (tertiary/aromatic N) is 8. The SMILES string of the molecule is COC(=O)Cc1cncc(Br)c1.Cc1noc(C2(c3cncc(-c4ccc5c(c4)CCc4nncn4-5)c3)CC2)n1.O=C(O)Cc1cncc(Br)c1. The summed E-state index contributed by atoms with van der Waals surface area (Å²) in [5.74, 6) is 1.30. The quantitative estimate of drug-likeness (QED) is 0.181. The van der Waals surface area contributed by atoms with Crippen LogP contribution in [0.15, 0.2) is 93.4 Å². The number of aliphatic carboxylic acids is 1. The summed E-state index contributed by atoms with van der Waals surface area (Å²) in [5.41, 5.74) is 7.27. The number of halogens is 2. The number of fused-ring (bicyclic) bond motifs is 3. The first-order valence-electron chi connectivity index (χ1n) is 15.9. The zero-order chi connectivity index (χ0) is 36.0. The summed E-state index contributed by atoms with van der Waals surface area (Å²) in [7, 11) is 1.37. The number of ether oxygens (including phenoxy) is 1. The van der Waals surface area contributed by atoms with E-state index in [2.05, 4.69) is 101 Å². The lowest BCUT2D eigenvalue weighted by Crippen LogP contribution is -2.12. The van der Waals surface area contributed by atoms with Gasteiger partial charge >= 0.3 is 11.9 Å². The van der Waals surface area contributed by atoms with Gasteiger partial charge in [0.1, 0.15) is 12.2 Å². The highest BCUT2D eigenvalue weighted by molar-refractivity contribution is 9.10. The van der Waals surface area contributed by atoms with Gasteiger partial charge in [0.25, 0.3) is 0 Å². The topological polar surface area (TPSA) is 172 Å². The average molecular weight is 817 g/mol. The molecule has 0 amide bonds. The van der Waals surface area contributed by atoms with Crippen molar-refractivity contribution in [1.82, 2.24) is 39.9 Å². The number of aryl methyl sites for hydroxylation is 3. The van der Waals surface area contributed by atoms with E-state index in [1.165, 1.54) is 23.9 Å². The van der Waals surface area contributed by atoms with E-state index in [1.807, 2.05) is 25.4 Å². The molecule has 0 unspecified atom stereocenters. The average Bonchev–Trinajstić information content (AvgIpc) is 3.57. The van der Waals surface area contributed by atoms with Gasteiger partial charge in [0.05, 0.1) is 31.1 Å². The molecular weight excluding hydrogens is 784 g/mol. The Bertz CT molecular complexity index is 2180. The second-order valence-electron chi connectivity index (χ2n) is 12.0. The van der Waals surface area contributed by atoms with Crippen LogP contribution >= 0.6 is 31.9 Å². The fourth-order valence-electron chi connectivity index (χ4n) is 5.70. The number of carbonyl (C=O) groups excluding carboxylic acids is 1. The van der Waals surface area contributed by atoms with Crippen molar-refractivity contribution in [2.45, 2.75) is 50.9 Å². The standard InChI is InChI=1S/C21H18N6O.C8H8BrNO2.C7H6BrNO2/c1-13-24-20(28-26-13)21(6-7-21)17-9-16(10-22-11-17)14-2-4-18-15(8-14)3-5-19-25-23-12-27(18)19;1-12-8(11)3-6-2-7(9)5-10-4-6;8-6-1-5(2-7(10)11)3-9-4-6/h2,4,8-12H,3,5-7H2,1H3;2,4-5H,3H2,1H3;1,3-4H,2H2,(H,10,11). The molecule has 1 aliphatic carbocycles. The summed E-state index contributed by atoms with van der Waals surface area (Å²) in [5, 5.41) is 20.6. The van der Waals surface area contributed by atoms with Crippen LogP contribution in [0, 0.1) is 6.92 Å². The van der Waals surface area contributed by atoms with E-state index in [9.17, 15) is 9.59 Å². The molecule has 1 aliphatic heterocycles. The number of carbonyl (C=O) groups is 2. The van der Waals surface area contributed by atoms with E-state index in [0.717, 1.165) is 57.1 Å². The van der Waals surface area contributed by atoms with Crippen molar-refractivity contribution in [1.29, 1.82) is 0 Å². The van der Waals surface area contributed by atoms with E-state index < -0.39 is 5.97 Å². The lowest BCUT2D eigenvalue weighted by Gasteiger charge is -2.19. The molecule has 0 saturated heterocycles. The Labute approximate surface area is 309 Å². The van der Waals surface area contributed by atoms with Gasteiger partial charge < -0.3 is 14.4 Å². The molecule has 15 heteroatoms. The van der Waals surface area contributed by atoms with Crippen LogP contribution in [0.3, 0.4) is 0 Å². The normalized spacial score (nSPS) is 13.3. The number of hydrogen-bond acceptors (Lipinski definition) is 11. The summed E-state index contributed by atoms with van der Waals surface area (Å²) in [4.78, 5) is 37.8. The summed E-state index contributed by atoms with van der Waals surface area (Å²) in [6, 6.07) is 12.3. The Hall–Kier alpha value is -5.15. The number of carboxylic acid groups (broad SMARTS) is 1. The predicted molar refractivity (Wildman–Crippen MR) is 192 cm³/mol. The van der Waals surface area contributed by atoms with Gasteiger partial charge in [-0.1, -0.05) is 11.2 Å². The van der Waals surface area contributed by atoms with Crippen LogP contribution < -0.4 is 0 Å². The highest BCUT2D eigenvalue weighted by atomic mass is 79.9. The molecule has 51 heavy (non-hydrogen) atoms. The van der Waals surface area contributed by atoms with E-state index in [0.29, 0.717) is 17.3 Å². The number of benzene rings is 1. The van der Waals surface area contributed by atoms with Crippen molar-refractivity contribution in [3.63, 3.8) is 0 Å². The van der Waals surface area contributed by atoms with Crippen LogP contribution in [0.1, 0.15) is 52.6 Å². The third-order valence-electron chi connectivity index (χ3n) is 8.34. The number of pyridine rings is 3. The zero-order valence-corrected chi connectivity index (χ0v) is 30.8. The largest absolute Gasteiger partial charge is 0.481 e. The van der Waals surface area contributed by atoms with Gasteiger partial charge in [0.15, 0.2) is 5.82 Å². The first-order chi connectivity index (χ1) is 24.6. The summed E-state index contributed by atoms with van der Waals surface area (Å²) in [6.07, 6.45) is 16.3. The third-order valence-corrected chi connectivity index (χ3v) is 9.21. The Morgan fingerprint density at radius 2 is 1.61 bits per heavy atom. The van der Waals surface area contributed by atoms with Gasteiger partial charge in [-0.15, -0.1) is 10.2 Å². The molecule has 0 bridgehead atoms. The first-order valence-corrected chi connectivity index (χ1v) is 17.5. The zero-order valence-electron chi connectivity index (χ0n) is 27.7. The Kier molecular flexibility index (Phi) is 11.1. The first kappa shape index (κ1) is 35.7. The van der Waals surface area contributed by atoms with Crippen LogP contribution in [0.2, 0.25) is 0 Å². The maximum atomic E-state index is 10.8. The summed E-state index contributed by atoms with van der Waals surface area (Å²) < 4.78 is 13.7. The van der Waals surface area contributed by atoms with Gasteiger partial charge in [-0.2, -0.15) is 4.98 Å². The molecule has 13 nitrogen and oxygen atoms in total. The minimum absolute atomic E-state index is 0.0203. The van der Waals surface area contributed by atoms with Crippen LogP contribution in [0.4, 0.5) is 0 Å². The molecule has 1 saturated carbocycles. The van der Waals surface area contributed by atoms with Gasteiger partial charge in [-0.3, -0.25) is 29.1 Å². The van der Waals surface area contributed by atoms with Crippen molar-refractivity contribution in [3.05, 3.63) is 129 Å². The van der Waals surface area contributed by atoms with Crippen molar-refractivity contribution in [3.8, 4) is 16.8 Å². The molecule has 8 rings (SSSR count). The Morgan fingerprint density at radius 1 is 0.902 bits per heavy atom. The predicted octanol–water partition coefficient (Wildman–Crippen LogP) is 6.23. The molecule has 5 aromatic heterocycles. The molecule has 1 fully saturated rings. The minimum atomic E-state index is -0.843. The number of carboxylic acids is 1. The van der Waals surface area contributed by atoms with E-state index >= 15 is 0 Å². The second kappa shape index (κ2) is 15.8. The van der Waals surface area contributed by atoms with Crippen molar-refractivity contribution < 1.29 is 24.0 Å². The molecule has 1 aromatic carbocycles. The van der Waals surface area contributed by atoms with Crippen LogP contribution in [-0.2, 0) is 45.4 Å². The van der Waals surface area contributed by atoms with Crippen molar-refractivity contribution in [2.24, 2.45) is 0 Å². The fourth-order valence-corrected chi connectivity index (χ4v) is 6.52. The lowest BCUT2D eigenvalue weighted by atomic mass is 9.93. The lowest BCUT2D eigenvalue weighted by molar-refractivity contribution is -0.140. The van der Waals surface area contributed by atoms with Gasteiger partial charge in [0, 0.05) is 58.1 Å². The Balaban J connectivity index is 0.000000161. The summed E-state index contributed by atoms with van der Waals surface area (Å²) in [6.45, 7) is 1.85. The van der Waals surface area contributed by atoms with Crippen molar-refractivity contribution >= 4 is 43.8 Å². The maximum absolute atomic E-state index is 10.8. The van der Waals surface area contributed by atoms with Gasteiger partial charge in [-0.25, -0.2) is 0 Å². The second-order valence-corrected chi connectivity index (χ2v) is 13.8. The maximum Gasteiger partial charge on any atom is 0.310 e. The van der Waals surface area contributed by atoms with Crippen molar-refractivity contribution in [2.75, 3.05) is 7.11 Å². The summed E-state index contributed by atoms with van der Waals surface area (Å²) >= 11 is 6.46. The minimum Gasteiger partial charge on any atom is -0.481 e. The molecule has 6 heterocycles. The number of esters is 1. The molecule has 1 N–H and O–H groups in total. The highest BCUT2D eigenvalue weighted by Crippen LogP contribution is 2.53. The highest BCUT2D eigenvalue weighted by Gasteiger charge is 2.51. The molecule has 0 atom stereocenters. The molecule has 6 aromatic rings. The number of aromatic nitrogens is 8. The van der Waals surface area contributed by atoms with Crippen LogP contribution in [-0.4, -0.2) is 64.0 Å². The van der Waals surface area contributed by atoms with E-state index in [-0.39, 0.29) is 24.2 Å². The monoisotopic (exact) mass is 814 g/mol. The Morgan fingerprint density at radius 3 is 2.24 bits per heavy atom. The van der Waals surface area contributed by atoms with Crippen LogP contribution in [0.5, 0.6) is 0 Å². The molecule has 2 aliphatic rings. The van der Waals surface area contributed by atoms with Gasteiger partial charge in [-0.05, 0) is 116 Å². The molecule has 0 radical (unpaired) electrons. The smallest absolute Gasteiger partial charge is 0.310 e. The van der Waals surface area contributed by atoms with Crippen LogP contribution in [0.25, 0.3) is 16.8 Å². The molecule has 260 valence electrons. The number of rotatable bonds is 7. The molecular formula is C36H32Br2N8O5.